The van der Waals surface area contributed by atoms with Gasteiger partial charge in [0.15, 0.2) is 5.54 Å². The van der Waals surface area contributed by atoms with Gasteiger partial charge in [0.2, 0.25) is 0 Å². The van der Waals surface area contributed by atoms with Crippen LogP contribution in [0, 0.1) is 0 Å². The molecule has 2 N–H and O–H groups in total. The van der Waals surface area contributed by atoms with E-state index in [1.54, 1.807) is 19.2 Å². The quantitative estimate of drug-likeness (QED) is 0.694. The van der Waals surface area contributed by atoms with E-state index in [0.29, 0.717) is 12.2 Å². The first kappa shape index (κ1) is 14.7. The lowest BCUT2D eigenvalue weighted by molar-refractivity contribution is -0.148. The van der Waals surface area contributed by atoms with Crippen LogP contribution in [0.5, 0.6) is 0 Å². The molecule has 0 spiro atoms. The third-order valence-electron chi connectivity index (χ3n) is 3.02. The van der Waals surface area contributed by atoms with Gasteiger partial charge in [0, 0.05) is 6.61 Å². The van der Waals surface area contributed by atoms with E-state index < -0.39 is 11.5 Å². The van der Waals surface area contributed by atoms with Crippen LogP contribution in [0.25, 0.3) is 0 Å². The molecule has 0 aliphatic rings. The molecule has 1 aromatic rings. The number of nitrogens with one attached hydrogen (secondary N) is 1. The third-order valence-corrected chi connectivity index (χ3v) is 3.02. The Morgan fingerprint density at radius 2 is 2.06 bits per heavy atom. The Kier molecular flexibility index (Phi) is 5.82. The molecule has 0 bridgehead atoms. The summed E-state index contributed by atoms with van der Waals surface area (Å²) in [6.45, 7) is 2.78. The fourth-order valence-corrected chi connectivity index (χ4v) is 1.79. The first-order chi connectivity index (χ1) is 8.67. The molecule has 0 aromatic heterocycles. The first-order valence-corrected chi connectivity index (χ1v) is 6.23. The molecule has 4 heteroatoms. The minimum atomic E-state index is -1.17. The van der Waals surface area contributed by atoms with Crippen molar-refractivity contribution in [1.82, 2.24) is 5.32 Å². The molecule has 1 rings (SSSR count). The van der Waals surface area contributed by atoms with Gasteiger partial charge in [-0.3, -0.25) is 5.32 Å². The molecule has 0 saturated carbocycles. The van der Waals surface area contributed by atoms with Crippen LogP contribution in [-0.4, -0.2) is 31.3 Å². The number of benzene rings is 1. The van der Waals surface area contributed by atoms with E-state index >= 15 is 0 Å². The van der Waals surface area contributed by atoms with E-state index in [2.05, 4.69) is 12.2 Å². The van der Waals surface area contributed by atoms with Crippen LogP contribution in [0.2, 0.25) is 0 Å². The predicted octanol–water partition coefficient (Wildman–Crippen LogP) is 2.00. The Labute approximate surface area is 108 Å². The third kappa shape index (κ3) is 3.31. The summed E-state index contributed by atoms with van der Waals surface area (Å²) in [6, 6.07) is 9.12. The highest BCUT2D eigenvalue weighted by atomic mass is 16.5. The SMILES string of the molecule is CCCCOCC(NC)(C(=O)O)c1ccccc1. The fourth-order valence-electron chi connectivity index (χ4n) is 1.79. The first-order valence-electron chi connectivity index (χ1n) is 6.23. The van der Waals surface area contributed by atoms with Crippen LogP contribution < -0.4 is 5.32 Å². The Bertz CT molecular complexity index is 367. The fraction of sp³-hybridized carbons (Fsp3) is 0.500. The van der Waals surface area contributed by atoms with E-state index in [1.807, 2.05) is 18.2 Å². The van der Waals surface area contributed by atoms with E-state index in [9.17, 15) is 9.90 Å². The molecule has 4 nitrogen and oxygen atoms in total. The number of likely N-dealkylation sites (N-methyl/N-ethyl adjacent to an activating group) is 1. The van der Waals surface area contributed by atoms with Gasteiger partial charge < -0.3 is 9.84 Å². The highest BCUT2D eigenvalue weighted by Gasteiger charge is 2.39. The van der Waals surface area contributed by atoms with E-state index in [-0.39, 0.29) is 6.61 Å². The van der Waals surface area contributed by atoms with Crippen LogP contribution in [0.15, 0.2) is 30.3 Å². The van der Waals surface area contributed by atoms with Crippen LogP contribution in [0.3, 0.4) is 0 Å². The van der Waals surface area contributed by atoms with Gasteiger partial charge >= 0.3 is 5.97 Å². The number of aliphatic carboxylic acids is 1. The minimum absolute atomic E-state index is 0.128. The maximum atomic E-state index is 11.6. The molecule has 0 aliphatic heterocycles. The molecular formula is C14H21NO3. The second-order valence-corrected chi connectivity index (χ2v) is 4.23. The summed E-state index contributed by atoms with van der Waals surface area (Å²) in [5, 5.41) is 12.4. The number of hydrogen-bond acceptors (Lipinski definition) is 3. The number of unbranched alkanes of at least 4 members (excludes halogenated alkanes) is 1. The Hall–Kier alpha value is -1.39. The summed E-state index contributed by atoms with van der Waals surface area (Å²) in [7, 11) is 1.64. The van der Waals surface area contributed by atoms with Crippen LogP contribution in [0.4, 0.5) is 0 Å². The number of carboxylic acids is 1. The molecule has 0 aliphatic carbocycles. The minimum Gasteiger partial charge on any atom is -0.480 e. The molecule has 18 heavy (non-hydrogen) atoms. The number of hydrogen-bond donors (Lipinski definition) is 2. The second-order valence-electron chi connectivity index (χ2n) is 4.23. The van der Waals surface area contributed by atoms with Crippen molar-refractivity contribution in [2.75, 3.05) is 20.3 Å². The Morgan fingerprint density at radius 3 is 2.56 bits per heavy atom. The van der Waals surface area contributed by atoms with Gasteiger partial charge in [-0.2, -0.15) is 0 Å². The maximum absolute atomic E-state index is 11.6. The van der Waals surface area contributed by atoms with E-state index in [0.717, 1.165) is 12.8 Å². The molecule has 0 heterocycles. The molecule has 0 radical (unpaired) electrons. The smallest absolute Gasteiger partial charge is 0.330 e. The van der Waals surface area contributed by atoms with Gasteiger partial charge in [-0.1, -0.05) is 43.7 Å². The molecule has 0 fully saturated rings. The van der Waals surface area contributed by atoms with Crippen molar-refractivity contribution in [3.05, 3.63) is 35.9 Å². The summed E-state index contributed by atoms with van der Waals surface area (Å²) in [4.78, 5) is 11.6. The molecule has 0 amide bonds. The van der Waals surface area contributed by atoms with Crippen molar-refractivity contribution in [2.45, 2.75) is 25.3 Å². The van der Waals surface area contributed by atoms with Crippen molar-refractivity contribution in [3.63, 3.8) is 0 Å². The van der Waals surface area contributed by atoms with Crippen molar-refractivity contribution in [1.29, 1.82) is 0 Å². The highest BCUT2D eigenvalue weighted by Crippen LogP contribution is 2.21. The second kappa shape index (κ2) is 7.13. The van der Waals surface area contributed by atoms with Gasteiger partial charge in [-0.15, -0.1) is 0 Å². The van der Waals surface area contributed by atoms with Gasteiger partial charge in [-0.05, 0) is 19.0 Å². The normalized spacial score (nSPS) is 14.1. The van der Waals surface area contributed by atoms with E-state index in [4.69, 9.17) is 4.74 Å². The summed E-state index contributed by atoms with van der Waals surface area (Å²) in [5.74, 6) is -0.923. The zero-order valence-corrected chi connectivity index (χ0v) is 11.0. The maximum Gasteiger partial charge on any atom is 0.330 e. The van der Waals surface area contributed by atoms with Gasteiger partial charge in [-0.25, -0.2) is 4.79 Å². The zero-order chi connectivity index (χ0) is 13.4. The van der Waals surface area contributed by atoms with Crippen molar-refractivity contribution < 1.29 is 14.6 Å². The average Bonchev–Trinajstić information content (AvgIpc) is 2.40. The zero-order valence-electron chi connectivity index (χ0n) is 11.0. The largest absolute Gasteiger partial charge is 0.480 e. The summed E-state index contributed by atoms with van der Waals surface area (Å²) in [5.41, 5.74) is -0.467. The lowest BCUT2D eigenvalue weighted by atomic mass is 9.91. The summed E-state index contributed by atoms with van der Waals surface area (Å²) < 4.78 is 5.50. The standard InChI is InChI=1S/C14H21NO3/c1-3-4-10-18-11-14(15-2,13(16)17)12-8-6-5-7-9-12/h5-9,15H,3-4,10-11H2,1-2H3,(H,16,17). The molecule has 100 valence electrons. The number of carboxylic acid groups (broad SMARTS) is 1. The van der Waals surface area contributed by atoms with Crippen molar-refractivity contribution in [3.8, 4) is 0 Å². The molecule has 1 atom stereocenters. The van der Waals surface area contributed by atoms with Crippen molar-refractivity contribution in [2.24, 2.45) is 0 Å². The van der Waals surface area contributed by atoms with Crippen molar-refractivity contribution >= 4 is 5.97 Å². The summed E-state index contributed by atoms with van der Waals surface area (Å²) >= 11 is 0. The average molecular weight is 251 g/mol. The van der Waals surface area contributed by atoms with Crippen LogP contribution in [-0.2, 0) is 15.1 Å². The lowest BCUT2D eigenvalue weighted by Crippen LogP contribution is -2.51. The number of rotatable bonds is 8. The highest BCUT2D eigenvalue weighted by molar-refractivity contribution is 5.81. The van der Waals surface area contributed by atoms with Crippen LogP contribution >= 0.6 is 0 Å². The predicted molar refractivity (Wildman–Crippen MR) is 70.5 cm³/mol. The van der Waals surface area contributed by atoms with Gasteiger partial charge in [0.05, 0.1) is 6.61 Å². The van der Waals surface area contributed by atoms with Gasteiger partial charge in [0.25, 0.3) is 0 Å². The molecule has 1 unspecified atom stereocenters. The molecule has 1 aromatic carbocycles. The molecular weight excluding hydrogens is 230 g/mol. The molecule has 0 saturated heterocycles. The topological polar surface area (TPSA) is 58.6 Å². The Balaban J connectivity index is 2.85. The number of ether oxygens (including phenoxy) is 1. The Morgan fingerprint density at radius 1 is 1.39 bits per heavy atom. The van der Waals surface area contributed by atoms with E-state index in [1.165, 1.54) is 0 Å². The summed E-state index contributed by atoms with van der Waals surface area (Å²) in [6.07, 6.45) is 1.97. The van der Waals surface area contributed by atoms with Crippen LogP contribution in [0.1, 0.15) is 25.3 Å². The van der Waals surface area contributed by atoms with Gasteiger partial charge in [0.1, 0.15) is 0 Å². The number of carbonyl (C=O) groups is 1. The monoisotopic (exact) mass is 251 g/mol. The lowest BCUT2D eigenvalue weighted by Gasteiger charge is -2.29.